The van der Waals surface area contributed by atoms with Crippen molar-refractivity contribution in [2.45, 2.75) is 25.9 Å². The summed E-state index contributed by atoms with van der Waals surface area (Å²) in [5.41, 5.74) is 4.64. The fraction of sp³-hybridized carbons (Fsp3) is 0.174. The summed E-state index contributed by atoms with van der Waals surface area (Å²) in [6, 6.07) is 15.5. The van der Waals surface area contributed by atoms with Crippen LogP contribution in [0.3, 0.4) is 0 Å². The van der Waals surface area contributed by atoms with Crippen LogP contribution in [0.15, 0.2) is 64.4 Å². The molecule has 0 aliphatic heterocycles. The number of furan rings is 1. The number of anilines is 1. The van der Waals surface area contributed by atoms with E-state index in [0.717, 1.165) is 22.4 Å². The van der Waals surface area contributed by atoms with Crippen LogP contribution in [0.2, 0.25) is 5.02 Å². The zero-order valence-corrected chi connectivity index (χ0v) is 18.9. The zero-order chi connectivity index (χ0) is 22.0. The van der Waals surface area contributed by atoms with Gasteiger partial charge in [0.1, 0.15) is 0 Å². The molecular formula is C23H21ClN4O2S. The van der Waals surface area contributed by atoms with Gasteiger partial charge in [0.15, 0.2) is 10.9 Å². The molecule has 0 saturated heterocycles. The predicted molar refractivity (Wildman–Crippen MR) is 124 cm³/mol. The van der Waals surface area contributed by atoms with Crippen molar-refractivity contribution in [2.75, 3.05) is 11.1 Å². The Morgan fingerprint density at radius 2 is 1.87 bits per heavy atom. The number of thioether (sulfide) groups is 1. The van der Waals surface area contributed by atoms with E-state index in [1.807, 2.05) is 67.8 Å². The molecule has 31 heavy (non-hydrogen) atoms. The molecule has 2 aromatic heterocycles. The fourth-order valence-electron chi connectivity index (χ4n) is 3.24. The first kappa shape index (κ1) is 21.2. The fourth-order valence-corrected chi connectivity index (χ4v) is 4.36. The summed E-state index contributed by atoms with van der Waals surface area (Å²) in [4.78, 5) is 12.6. The highest BCUT2D eigenvalue weighted by Gasteiger charge is 2.19. The molecule has 0 atom stereocenters. The standard InChI is InChI=1S/C23H21ClN4O2S/c1-14-6-8-17(9-7-14)28-22(19-5-4-10-30-19)26-27-23(28)31-13-20(29)25-21-16(3)11-15(2)12-18(21)24/h4-12H,13H2,1-3H3,(H,25,29). The largest absolute Gasteiger partial charge is 0.461 e. The molecule has 0 spiro atoms. The Bertz CT molecular complexity index is 1190. The van der Waals surface area contributed by atoms with Crippen molar-refractivity contribution in [1.82, 2.24) is 14.8 Å². The van der Waals surface area contributed by atoms with Crippen LogP contribution in [0.25, 0.3) is 17.3 Å². The maximum Gasteiger partial charge on any atom is 0.234 e. The molecule has 4 aromatic rings. The first-order chi connectivity index (χ1) is 14.9. The lowest BCUT2D eigenvalue weighted by Crippen LogP contribution is -2.16. The van der Waals surface area contributed by atoms with Gasteiger partial charge in [0.2, 0.25) is 11.7 Å². The average molecular weight is 453 g/mol. The number of nitrogens with zero attached hydrogens (tertiary/aromatic N) is 3. The summed E-state index contributed by atoms with van der Waals surface area (Å²) in [7, 11) is 0. The maximum absolute atomic E-state index is 12.6. The van der Waals surface area contributed by atoms with Gasteiger partial charge in [0.05, 0.1) is 22.7 Å². The first-order valence-corrected chi connectivity index (χ1v) is 11.0. The monoisotopic (exact) mass is 452 g/mol. The Balaban J connectivity index is 1.58. The molecular weight excluding hydrogens is 432 g/mol. The number of nitrogens with one attached hydrogen (secondary N) is 1. The summed E-state index contributed by atoms with van der Waals surface area (Å²) in [5, 5.41) is 12.6. The molecule has 1 amide bonds. The molecule has 0 fully saturated rings. The van der Waals surface area contributed by atoms with Gasteiger partial charge < -0.3 is 9.73 Å². The third-order valence-electron chi connectivity index (χ3n) is 4.70. The molecule has 6 nitrogen and oxygen atoms in total. The lowest BCUT2D eigenvalue weighted by atomic mass is 10.1. The van der Waals surface area contributed by atoms with Gasteiger partial charge in [-0.05, 0) is 62.2 Å². The van der Waals surface area contributed by atoms with Crippen molar-refractivity contribution in [2.24, 2.45) is 0 Å². The highest BCUT2D eigenvalue weighted by Crippen LogP contribution is 2.30. The van der Waals surface area contributed by atoms with Gasteiger partial charge in [0.25, 0.3) is 0 Å². The minimum Gasteiger partial charge on any atom is -0.461 e. The summed E-state index contributed by atoms with van der Waals surface area (Å²) in [6.07, 6.45) is 1.59. The molecule has 0 aliphatic rings. The number of aromatic nitrogens is 3. The van der Waals surface area contributed by atoms with Crippen molar-refractivity contribution < 1.29 is 9.21 Å². The van der Waals surface area contributed by atoms with Gasteiger partial charge in [-0.2, -0.15) is 0 Å². The van der Waals surface area contributed by atoms with E-state index in [1.54, 1.807) is 12.3 Å². The van der Waals surface area contributed by atoms with E-state index in [-0.39, 0.29) is 11.7 Å². The summed E-state index contributed by atoms with van der Waals surface area (Å²) < 4.78 is 7.42. The molecule has 2 heterocycles. The number of carbonyl (C=O) groups is 1. The van der Waals surface area contributed by atoms with Gasteiger partial charge in [-0.25, -0.2) is 0 Å². The average Bonchev–Trinajstić information content (AvgIpc) is 3.39. The number of benzene rings is 2. The van der Waals surface area contributed by atoms with E-state index in [2.05, 4.69) is 15.5 Å². The highest BCUT2D eigenvalue weighted by atomic mass is 35.5. The summed E-state index contributed by atoms with van der Waals surface area (Å²) in [5.74, 6) is 1.17. The molecule has 4 rings (SSSR count). The second-order valence-electron chi connectivity index (χ2n) is 7.23. The van der Waals surface area contributed by atoms with Gasteiger partial charge >= 0.3 is 0 Å². The summed E-state index contributed by atoms with van der Waals surface area (Å²) in [6.45, 7) is 5.92. The van der Waals surface area contributed by atoms with Crippen LogP contribution < -0.4 is 5.32 Å². The molecule has 158 valence electrons. The number of hydrogen-bond donors (Lipinski definition) is 1. The van der Waals surface area contributed by atoms with Crippen molar-refractivity contribution in [3.63, 3.8) is 0 Å². The van der Waals surface area contributed by atoms with Gasteiger partial charge in [-0.1, -0.05) is 47.1 Å². The Morgan fingerprint density at radius 3 is 2.55 bits per heavy atom. The van der Waals surface area contributed by atoms with Crippen LogP contribution in [0.5, 0.6) is 0 Å². The second-order valence-corrected chi connectivity index (χ2v) is 8.58. The van der Waals surface area contributed by atoms with Crippen molar-refractivity contribution >= 4 is 35.0 Å². The van der Waals surface area contributed by atoms with E-state index in [0.29, 0.717) is 27.5 Å². The van der Waals surface area contributed by atoms with Crippen LogP contribution >= 0.6 is 23.4 Å². The number of carbonyl (C=O) groups excluding carboxylic acids is 1. The molecule has 0 radical (unpaired) electrons. The van der Waals surface area contributed by atoms with Crippen LogP contribution in [0, 0.1) is 20.8 Å². The Labute approximate surface area is 189 Å². The third-order valence-corrected chi connectivity index (χ3v) is 5.92. The molecule has 2 aromatic carbocycles. The minimum absolute atomic E-state index is 0.159. The maximum atomic E-state index is 12.6. The Kier molecular flexibility index (Phi) is 6.15. The van der Waals surface area contributed by atoms with Crippen LogP contribution in [-0.2, 0) is 4.79 Å². The van der Waals surface area contributed by atoms with E-state index >= 15 is 0 Å². The van der Waals surface area contributed by atoms with Crippen molar-refractivity contribution in [3.05, 3.63) is 76.5 Å². The smallest absolute Gasteiger partial charge is 0.234 e. The first-order valence-electron chi connectivity index (χ1n) is 9.68. The Morgan fingerprint density at radius 1 is 1.10 bits per heavy atom. The molecule has 8 heteroatoms. The van der Waals surface area contributed by atoms with Gasteiger partial charge in [0, 0.05) is 5.69 Å². The molecule has 0 bridgehead atoms. The molecule has 0 unspecified atom stereocenters. The number of aryl methyl sites for hydroxylation is 3. The van der Waals surface area contributed by atoms with E-state index in [9.17, 15) is 4.79 Å². The number of halogens is 1. The highest BCUT2D eigenvalue weighted by molar-refractivity contribution is 7.99. The minimum atomic E-state index is -0.170. The number of rotatable bonds is 6. The van der Waals surface area contributed by atoms with Gasteiger partial charge in [-0.15, -0.1) is 10.2 Å². The van der Waals surface area contributed by atoms with E-state index < -0.39 is 0 Å². The van der Waals surface area contributed by atoms with E-state index in [4.69, 9.17) is 16.0 Å². The van der Waals surface area contributed by atoms with Crippen LogP contribution in [0.1, 0.15) is 16.7 Å². The van der Waals surface area contributed by atoms with Crippen LogP contribution in [0.4, 0.5) is 5.69 Å². The number of hydrogen-bond acceptors (Lipinski definition) is 5. The molecule has 0 aliphatic carbocycles. The SMILES string of the molecule is Cc1ccc(-n2c(SCC(=O)Nc3c(C)cc(C)cc3Cl)nnc2-c2ccco2)cc1. The molecule has 0 saturated carbocycles. The Hall–Kier alpha value is -3.03. The lowest BCUT2D eigenvalue weighted by molar-refractivity contribution is -0.113. The zero-order valence-electron chi connectivity index (χ0n) is 17.3. The third kappa shape index (κ3) is 4.68. The van der Waals surface area contributed by atoms with Crippen molar-refractivity contribution in [1.29, 1.82) is 0 Å². The second kappa shape index (κ2) is 8.99. The molecule has 1 N–H and O–H groups in total. The summed E-state index contributed by atoms with van der Waals surface area (Å²) >= 11 is 7.62. The lowest BCUT2D eigenvalue weighted by Gasteiger charge is -2.12. The van der Waals surface area contributed by atoms with Gasteiger partial charge in [-0.3, -0.25) is 9.36 Å². The van der Waals surface area contributed by atoms with Crippen LogP contribution in [-0.4, -0.2) is 26.4 Å². The topological polar surface area (TPSA) is 73.0 Å². The van der Waals surface area contributed by atoms with Crippen molar-refractivity contribution in [3.8, 4) is 17.3 Å². The van der Waals surface area contributed by atoms with E-state index in [1.165, 1.54) is 11.8 Å². The normalized spacial score (nSPS) is 11.0. The number of amides is 1. The quantitative estimate of drug-likeness (QED) is 0.372. The predicted octanol–water partition coefficient (Wildman–Crippen LogP) is 5.84.